The van der Waals surface area contributed by atoms with Gasteiger partial charge in [0, 0.05) is 30.2 Å². The van der Waals surface area contributed by atoms with Crippen molar-refractivity contribution in [3.8, 4) is 0 Å². The van der Waals surface area contributed by atoms with Crippen molar-refractivity contribution in [3.05, 3.63) is 0 Å². The Kier molecular flexibility index (Phi) is 6.70. The quantitative estimate of drug-likeness (QED) is 0.230. The number of ether oxygens (including phenoxy) is 5. The average molecular weight is 660 g/mol. The number of carbonyl (C=O) groups is 3. The molecule has 0 bridgehead atoms. The van der Waals surface area contributed by atoms with Gasteiger partial charge in [-0.25, -0.2) is 4.79 Å². The molecule has 5 saturated carbocycles. The molecule has 1 spiro atoms. The molecule has 47 heavy (non-hydrogen) atoms. The van der Waals surface area contributed by atoms with Gasteiger partial charge < -0.3 is 39.6 Å². The number of fused-ring (bicyclic) bond motifs is 9. The summed E-state index contributed by atoms with van der Waals surface area (Å²) in [6.45, 7) is 15.4. The van der Waals surface area contributed by atoms with Crippen molar-refractivity contribution >= 4 is 17.9 Å². The van der Waals surface area contributed by atoms with Gasteiger partial charge in [-0.05, 0) is 86.9 Å². The van der Waals surface area contributed by atoms with Gasteiger partial charge in [0.15, 0.2) is 5.60 Å². The Balaban J connectivity index is 1.23. The highest BCUT2D eigenvalue weighted by Gasteiger charge is 2.90. The number of epoxide rings is 2. The van der Waals surface area contributed by atoms with Gasteiger partial charge in [-0.3, -0.25) is 9.59 Å². The van der Waals surface area contributed by atoms with Crippen LogP contribution in [-0.2, 0) is 38.1 Å². The van der Waals surface area contributed by atoms with Crippen molar-refractivity contribution < 1.29 is 48.3 Å². The summed E-state index contributed by atoms with van der Waals surface area (Å²) in [5.74, 6) is -3.35. The first-order chi connectivity index (χ1) is 21.9. The number of hydrogen-bond acceptors (Lipinski definition) is 11. The fourth-order valence-corrected chi connectivity index (χ4v) is 13.4. The number of rotatable bonds is 4. The zero-order chi connectivity index (χ0) is 34.0. The summed E-state index contributed by atoms with van der Waals surface area (Å²) < 4.78 is 31.1. The number of esters is 3. The van der Waals surface area contributed by atoms with E-state index < -0.39 is 64.1 Å². The van der Waals surface area contributed by atoms with Crippen LogP contribution in [0.5, 0.6) is 0 Å². The minimum atomic E-state index is -1.76. The molecule has 8 fully saturated rings. The summed E-state index contributed by atoms with van der Waals surface area (Å²) in [5, 5.41) is 24.1. The molecular weight excluding hydrogens is 606 g/mol. The average Bonchev–Trinajstić information content (AvgIpc) is 3.89. The van der Waals surface area contributed by atoms with Crippen molar-refractivity contribution in [1.29, 1.82) is 0 Å². The Labute approximate surface area is 276 Å². The van der Waals surface area contributed by atoms with E-state index in [1.807, 2.05) is 20.8 Å². The van der Waals surface area contributed by atoms with E-state index in [2.05, 4.69) is 20.8 Å². The van der Waals surface area contributed by atoms with Gasteiger partial charge in [-0.1, -0.05) is 34.6 Å². The summed E-state index contributed by atoms with van der Waals surface area (Å²) in [5.41, 5.74) is 3.03. The Bertz CT molecular complexity index is 1400. The Morgan fingerprint density at radius 1 is 1.02 bits per heavy atom. The lowest BCUT2D eigenvalue weighted by Gasteiger charge is -2.70. The first-order valence-corrected chi connectivity index (χ1v) is 18.0. The molecule has 5 aliphatic carbocycles. The highest BCUT2D eigenvalue weighted by atomic mass is 16.8. The third-order valence-corrected chi connectivity index (χ3v) is 15.6. The fourth-order valence-electron chi connectivity index (χ4n) is 13.4. The molecule has 0 aromatic rings. The van der Waals surface area contributed by atoms with Crippen molar-refractivity contribution in [2.45, 2.75) is 142 Å². The van der Waals surface area contributed by atoms with Crippen LogP contribution in [0.25, 0.3) is 0 Å². The third kappa shape index (κ3) is 3.74. The lowest BCUT2D eigenvalue weighted by molar-refractivity contribution is -0.278. The van der Waals surface area contributed by atoms with Crippen molar-refractivity contribution in [3.63, 3.8) is 0 Å². The van der Waals surface area contributed by atoms with Gasteiger partial charge in [0.2, 0.25) is 5.79 Å². The van der Waals surface area contributed by atoms with Gasteiger partial charge in [-0.15, -0.1) is 0 Å². The summed E-state index contributed by atoms with van der Waals surface area (Å²) in [6, 6.07) is -0.549. The van der Waals surface area contributed by atoms with Crippen molar-refractivity contribution in [1.82, 2.24) is 0 Å². The minimum absolute atomic E-state index is 0.0555. The molecule has 11 nitrogen and oxygen atoms in total. The second-order valence-electron chi connectivity index (χ2n) is 17.9. The van der Waals surface area contributed by atoms with Gasteiger partial charge in [-0.2, -0.15) is 0 Å². The number of nitrogens with two attached hydrogens (primary N) is 1. The van der Waals surface area contributed by atoms with Crippen LogP contribution >= 0.6 is 0 Å². The molecule has 11 heteroatoms. The van der Waals surface area contributed by atoms with E-state index in [-0.39, 0.29) is 71.5 Å². The summed E-state index contributed by atoms with van der Waals surface area (Å²) >= 11 is 0. The molecule has 0 amide bonds. The van der Waals surface area contributed by atoms with Crippen LogP contribution in [0.15, 0.2) is 0 Å². The molecule has 0 radical (unpaired) electrons. The molecule has 4 N–H and O–H groups in total. The van der Waals surface area contributed by atoms with Crippen LogP contribution in [-0.4, -0.2) is 82.2 Å². The predicted octanol–water partition coefficient (Wildman–Crippen LogP) is 2.72. The molecule has 8 aliphatic rings. The van der Waals surface area contributed by atoms with E-state index in [9.17, 15) is 24.6 Å². The van der Waals surface area contributed by atoms with Gasteiger partial charge >= 0.3 is 17.9 Å². The fraction of sp³-hybridized carbons (Fsp3) is 0.917. The maximum atomic E-state index is 13.2. The minimum Gasteiger partial charge on any atom is -0.462 e. The van der Waals surface area contributed by atoms with Crippen LogP contribution in [0.2, 0.25) is 0 Å². The Morgan fingerprint density at radius 2 is 1.70 bits per heavy atom. The molecule has 3 unspecified atom stereocenters. The van der Waals surface area contributed by atoms with E-state index in [0.29, 0.717) is 32.1 Å². The highest BCUT2D eigenvalue weighted by molar-refractivity contribution is 5.84. The molecule has 0 aromatic heterocycles. The number of aliphatic hydroxyl groups excluding tert-OH is 1. The van der Waals surface area contributed by atoms with Crippen LogP contribution in [0.1, 0.15) is 87.5 Å². The smallest absolute Gasteiger partial charge is 0.341 e. The number of carbonyl (C=O) groups excluding carboxylic acids is 3. The van der Waals surface area contributed by atoms with E-state index in [1.54, 1.807) is 6.92 Å². The molecule has 3 heterocycles. The molecule has 3 aliphatic heterocycles. The molecule has 262 valence electrons. The van der Waals surface area contributed by atoms with Gasteiger partial charge in [0.25, 0.3) is 0 Å². The van der Waals surface area contributed by atoms with E-state index >= 15 is 0 Å². The third-order valence-electron chi connectivity index (χ3n) is 15.6. The zero-order valence-corrected chi connectivity index (χ0v) is 28.9. The summed E-state index contributed by atoms with van der Waals surface area (Å²) in [4.78, 5) is 39.3. The van der Waals surface area contributed by atoms with Gasteiger partial charge in [0.1, 0.15) is 24.4 Å². The first-order valence-electron chi connectivity index (χ1n) is 18.0. The van der Waals surface area contributed by atoms with E-state index in [0.717, 1.165) is 0 Å². The molecular formula is C36H53NO10. The zero-order valence-electron chi connectivity index (χ0n) is 28.9. The maximum Gasteiger partial charge on any atom is 0.341 e. The Hall–Kier alpha value is -1.79. The van der Waals surface area contributed by atoms with E-state index in [1.165, 1.54) is 6.92 Å². The normalized spacial score (nSPS) is 59.5. The first kappa shape index (κ1) is 32.4. The second-order valence-corrected chi connectivity index (χ2v) is 17.9. The van der Waals surface area contributed by atoms with Crippen LogP contribution in [0.4, 0.5) is 0 Å². The second kappa shape index (κ2) is 9.71. The number of aliphatic hydroxyl groups is 2. The summed E-state index contributed by atoms with van der Waals surface area (Å²) in [6.07, 6.45) is 0.278. The number of hydrogen-bond donors (Lipinski definition) is 3. The lowest BCUT2D eigenvalue weighted by atomic mass is 9.35. The monoisotopic (exact) mass is 659 g/mol. The maximum absolute atomic E-state index is 13.2. The lowest BCUT2D eigenvalue weighted by Crippen LogP contribution is -2.75. The van der Waals surface area contributed by atoms with Crippen LogP contribution < -0.4 is 5.73 Å². The van der Waals surface area contributed by atoms with Crippen LogP contribution in [0, 0.1) is 63.6 Å². The topological polar surface area (TPSA) is 170 Å². The molecule has 3 saturated heterocycles. The summed E-state index contributed by atoms with van der Waals surface area (Å²) in [7, 11) is 0. The van der Waals surface area contributed by atoms with Crippen LogP contribution in [0.3, 0.4) is 0 Å². The van der Waals surface area contributed by atoms with E-state index in [4.69, 9.17) is 29.4 Å². The highest BCUT2D eigenvalue weighted by Crippen LogP contribution is 2.78. The molecule has 19 atom stereocenters. The van der Waals surface area contributed by atoms with Crippen molar-refractivity contribution in [2.75, 3.05) is 0 Å². The molecule has 0 aromatic carbocycles. The Morgan fingerprint density at radius 3 is 2.36 bits per heavy atom. The predicted molar refractivity (Wildman–Crippen MR) is 165 cm³/mol. The standard InChI is InChI=1S/C36H53NO10/c1-14(2)11-23(39)45-30-28-21(44-28)12-20-26(37)27(40)24-17-9-10-18-25(33(17,6)22(43-16(4)38)13-19(24)32(20,30)5)15(3)29-36(46-29)34(18,7)35(8,42)31(41)47-36/h14-15,17-22,24-30,40,42H,9-13,37H2,1-8H3/t15-,17-,18?,19?,20+,21-,22-,24?,25-,26-,27+,28-,29+,30-,32+,33+,34-,35+,36-/m0/s1. The van der Waals surface area contributed by atoms with Gasteiger partial charge in [0.05, 0.1) is 17.6 Å². The SMILES string of the molecule is CC(=O)O[C@H]1CC2C([C@@H](O)[C@@H](N)[C@H]3C[C@@H]4O[C@@H]4[C@H](OC(=O)CC(C)C)[C@]23C)[C@@H]2CCC3[C@H]([C@H](C)[C@H]4O[C@]45OC(=O)[C@@](C)(O)[C@]35C)[C@@]12C. The molecule has 8 rings (SSSR count). The van der Waals surface area contributed by atoms with Crippen molar-refractivity contribution in [2.24, 2.45) is 69.3 Å². The largest absolute Gasteiger partial charge is 0.462 e.